The van der Waals surface area contributed by atoms with Gasteiger partial charge in [-0.1, -0.05) is 23.9 Å². The van der Waals surface area contributed by atoms with Gasteiger partial charge in [0, 0.05) is 19.0 Å². The SMILES string of the molecule is Cn1cc(CCCSc2nnc([C@@H]3COc4ccccc4O3)o2)cn1. The highest BCUT2D eigenvalue weighted by atomic mass is 32.2. The molecule has 25 heavy (non-hydrogen) atoms. The quantitative estimate of drug-likeness (QED) is 0.495. The molecule has 2 aromatic heterocycles. The Bertz CT molecular complexity index is 848. The molecule has 0 aliphatic carbocycles. The van der Waals surface area contributed by atoms with Crippen LogP contribution in [-0.2, 0) is 13.5 Å². The first kappa shape index (κ1) is 16.0. The fraction of sp³-hybridized carbons (Fsp3) is 0.353. The van der Waals surface area contributed by atoms with Gasteiger partial charge in [0.1, 0.15) is 6.61 Å². The number of thioether (sulfide) groups is 1. The maximum Gasteiger partial charge on any atom is 0.276 e. The van der Waals surface area contributed by atoms with Crippen LogP contribution in [0.15, 0.2) is 46.3 Å². The second kappa shape index (κ2) is 7.18. The molecular weight excluding hydrogens is 340 g/mol. The lowest BCUT2D eigenvalue weighted by Gasteiger charge is -2.23. The topological polar surface area (TPSA) is 75.2 Å². The summed E-state index contributed by atoms with van der Waals surface area (Å²) in [6, 6.07) is 7.56. The molecule has 1 atom stereocenters. The number of hydrogen-bond donors (Lipinski definition) is 0. The third kappa shape index (κ3) is 3.79. The third-order valence-corrected chi connectivity index (χ3v) is 4.70. The summed E-state index contributed by atoms with van der Waals surface area (Å²) in [6.45, 7) is 0.365. The minimum atomic E-state index is -0.368. The fourth-order valence-electron chi connectivity index (χ4n) is 2.59. The van der Waals surface area contributed by atoms with Crippen molar-refractivity contribution in [1.29, 1.82) is 0 Å². The zero-order valence-corrected chi connectivity index (χ0v) is 14.6. The number of fused-ring (bicyclic) bond motifs is 1. The molecular formula is C17H18N4O3S. The smallest absolute Gasteiger partial charge is 0.276 e. The maximum atomic E-state index is 5.88. The first-order chi connectivity index (χ1) is 12.3. The number of aromatic nitrogens is 4. The maximum absolute atomic E-state index is 5.88. The van der Waals surface area contributed by atoms with Crippen molar-refractivity contribution in [2.24, 2.45) is 7.05 Å². The number of hydrogen-bond acceptors (Lipinski definition) is 7. The minimum absolute atomic E-state index is 0.365. The standard InChI is InChI=1S/C17H18N4O3S/c1-21-10-12(9-18-21)5-4-8-25-17-20-19-16(24-17)15-11-22-13-6-2-3-7-14(13)23-15/h2-3,6-7,9-10,15H,4-5,8,11H2,1H3/t15-/m0/s1. The van der Waals surface area contributed by atoms with Gasteiger partial charge in [-0.25, -0.2) is 0 Å². The molecule has 0 N–H and O–H groups in total. The van der Waals surface area contributed by atoms with E-state index in [9.17, 15) is 0 Å². The Kier molecular flexibility index (Phi) is 4.60. The molecule has 0 amide bonds. The summed E-state index contributed by atoms with van der Waals surface area (Å²) in [6.07, 6.45) is 5.57. The van der Waals surface area contributed by atoms with Gasteiger partial charge >= 0.3 is 0 Å². The summed E-state index contributed by atoms with van der Waals surface area (Å²) in [5, 5.41) is 12.9. The summed E-state index contributed by atoms with van der Waals surface area (Å²) in [7, 11) is 1.92. The second-order valence-corrected chi connectivity index (χ2v) is 6.79. The number of nitrogens with zero attached hydrogens (tertiary/aromatic N) is 4. The van der Waals surface area contributed by atoms with Crippen LogP contribution in [0.4, 0.5) is 0 Å². The normalized spacial score (nSPS) is 16.1. The monoisotopic (exact) mass is 358 g/mol. The van der Waals surface area contributed by atoms with E-state index in [4.69, 9.17) is 13.9 Å². The number of benzene rings is 1. The molecule has 8 heteroatoms. The Balaban J connectivity index is 1.29. The predicted molar refractivity (Wildman–Crippen MR) is 91.9 cm³/mol. The van der Waals surface area contributed by atoms with Crippen molar-refractivity contribution in [1.82, 2.24) is 20.0 Å². The minimum Gasteiger partial charge on any atom is -0.485 e. The highest BCUT2D eigenvalue weighted by Gasteiger charge is 2.27. The summed E-state index contributed by atoms with van der Waals surface area (Å²) >= 11 is 1.55. The van der Waals surface area contributed by atoms with Crippen LogP contribution in [-0.4, -0.2) is 32.3 Å². The molecule has 1 aromatic carbocycles. The molecule has 3 aromatic rings. The van der Waals surface area contributed by atoms with Gasteiger partial charge in [-0.05, 0) is 30.5 Å². The highest BCUT2D eigenvalue weighted by molar-refractivity contribution is 7.99. The molecule has 1 aliphatic rings. The lowest BCUT2D eigenvalue weighted by atomic mass is 10.2. The van der Waals surface area contributed by atoms with Gasteiger partial charge in [0.05, 0.1) is 6.20 Å². The number of rotatable bonds is 6. The second-order valence-electron chi connectivity index (χ2n) is 5.74. The first-order valence-electron chi connectivity index (χ1n) is 8.10. The molecule has 0 spiro atoms. The highest BCUT2D eigenvalue weighted by Crippen LogP contribution is 2.35. The van der Waals surface area contributed by atoms with Gasteiger partial charge < -0.3 is 13.9 Å². The number of para-hydroxylation sites is 2. The van der Waals surface area contributed by atoms with Crippen molar-refractivity contribution in [3.63, 3.8) is 0 Å². The van der Waals surface area contributed by atoms with Crippen LogP contribution in [0.5, 0.6) is 11.5 Å². The molecule has 4 rings (SSSR count). The molecule has 7 nitrogen and oxygen atoms in total. The van der Waals surface area contributed by atoms with Gasteiger partial charge in [0.15, 0.2) is 11.5 Å². The third-order valence-electron chi connectivity index (χ3n) is 3.80. The largest absolute Gasteiger partial charge is 0.485 e. The van der Waals surface area contributed by atoms with Crippen LogP contribution in [0.3, 0.4) is 0 Å². The zero-order chi connectivity index (χ0) is 17.1. The van der Waals surface area contributed by atoms with Gasteiger partial charge in [0.25, 0.3) is 11.1 Å². The predicted octanol–water partition coefficient (Wildman–Crippen LogP) is 3.04. The molecule has 0 unspecified atom stereocenters. The Morgan fingerprint density at radius 3 is 2.96 bits per heavy atom. The van der Waals surface area contributed by atoms with Gasteiger partial charge in [-0.2, -0.15) is 5.10 Å². The van der Waals surface area contributed by atoms with Crippen LogP contribution >= 0.6 is 11.8 Å². The van der Waals surface area contributed by atoms with Crippen molar-refractivity contribution in [2.75, 3.05) is 12.4 Å². The summed E-state index contributed by atoms with van der Waals surface area (Å²) < 4.78 is 19.1. The van der Waals surface area contributed by atoms with Crippen LogP contribution in [0.2, 0.25) is 0 Å². The summed E-state index contributed by atoms with van der Waals surface area (Å²) in [5.74, 6) is 2.79. The Morgan fingerprint density at radius 1 is 1.24 bits per heavy atom. The van der Waals surface area contributed by atoms with E-state index in [2.05, 4.69) is 15.3 Å². The van der Waals surface area contributed by atoms with E-state index < -0.39 is 0 Å². The molecule has 0 bridgehead atoms. The van der Waals surface area contributed by atoms with Crippen LogP contribution < -0.4 is 9.47 Å². The summed E-state index contributed by atoms with van der Waals surface area (Å²) in [4.78, 5) is 0. The van der Waals surface area contributed by atoms with Gasteiger partial charge in [-0.3, -0.25) is 4.68 Å². The van der Waals surface area contributed by atoms with E-state index in [0.29, 0.717) is 23.5 Å². The Morgan fingerprint density at radius 2 is 2.12 bits per heavy atom. The average molecular weight is 358 g/mol. The van der Waals surface area contributed by atoms with E-state index in [1.54, 1.807) is 11.8 Å². The van der Waals surface area contributed by atoms with Crippen molar-refractivity contribution in [3.8, 4) is 11.5 Å². The molecule has 0 radical (unpaired) electrons. The van der Waals surface area contributed by atoms with Crippen LogP contribution in [0.25, 0.3) is 0 Å². The Labute approximate surface area is 149 Å². The van der Waals surface area contributed by atoms with E-state index in [1.807, 2.05) is 48.4 Å². The lowest BCUT2D eigenvalue weighted by Crippen LogP contribution is -2.21. The van der Waals surface area contributed by atoms with Crippen molar-refractivity contribution in [2.45, 2.75) is 24.2 Å². The van der Waals surface area contributed by atoms with E-state index in [-0.39, 0.29) is 6.10 Å². The van der Waals surface area contributed by atoms with Gasteiger partial charge in [0.2, 0.25) is 6.10 Å². The van der Waals surface area contributed by atoms with E-state index >= 15 is 0 Å². The molecule has 130 valence electrons. The fourth-order valence-corrected chi connectivity index (χ4v) is 3.29. The molecule has 0 fully saturated rings. The molecule has 0 saturated carbocycles. The molecule has 0 saturated heterocycles. The van der Waals surface area contributed by atoms with Crippen molar-refractivity contribution in [3.05, 3.63) is 48.1 Å². The average Bonchev–Trinajstić information content (AvgIpc) is 3.27. The van der Waals surface area contributed by atoms with Crippen molar-refractivity contribution >= 4 is 11.8 Å². The van der Waals surface area contributed by atoms with E-state index in [0.717, 1.165) is 24.3 Å². The van der Waals surface area contributed by atoms with E-state index in [1.165, 1.54) is 5.56 Å². The molecule has 3 heterocycles. The van der Waals surface area contributed by atoms with Crippen LogP contribution in [0, 0.1) is 0 Å². The number of ether oxygens (including phenoxy) is 2. The van der Waals surface area contributed by atoms with Crippen molar-refractivity contribution < 1.29 is 13.9 Å². The zero-order valence-electron chi connectivity index (χ0n) is 13.8. The Hall–Kier alpha value is -2.48. The summed E-state index contributed by atoms with van der Waals surface area (Å²) in [5.41, 5.74) is 1.24. The van der Waals surface area contributed by atoms with Gasteiger partial charge in [-0.15, -0.1) is 10.2 Å². The number of aryl methyl sites for hydroxylation is 2. The molecule has 1 aliphatic heterocycles. The first-order valence-corrected chi connectivity index (χ1v) is 9.09. The van der Waals surface area contributed by atoms with Crippen LogP contribution in [0.1, 0.15) is 24.0 Å². The lowest BCUT2D eigenvalue weighted by molar-refractivity contribution is 0.0686.